The summed E-state index contributed by atoms with van der Waals surface area (Å²) < 4.78 is 28.1. The van der Waals surface area contributed by atoms with Crippen LogP contribution in [0.25, 0.3) is 0 Å². The van der Waals surface area contributed by atoms with Gasteiger partial charge in [0.2, 0.25) is 5.91 Å². The molecule has 1 amide bonds. The molecule has 0 fully saturated rings. The molecule has 0 saturated heterocycles. The Labute approximate surface area is 167 Å². The Morgan fingerprint density at radius 2 is 1.96 bits per heavy atom. The number of carbonyl (C=O) groups excluding carboxylic acids is 1. The van der Waals surface area contributed by atoms with Crippen LogP contribution < -0.4 is 11.1 Å². The molecule has 1 heterocycles. The first kappa shape index (κ1) is 23.4. The molecule has 0 saturated carbocycles. The maximum atomic E-state index is 12.2. The highest BCUT2D eigenvalue weighted by molar-refractivity contribution is 7.90. The highest BCUT2D eigenvalue weighted by Crippen LogP contribution is 2.27. The second-order valence-corrected chi connectivity index (χ2v) is 8.81. The van der Waals surface area contributed by atoms with Gasteiger partial charge < -0.3 is 16.0 Å². The Morgan fingerprint density at radius 3 is 2.56 bits per heavy atom. The number of hydrogen-bond donors (Lipinski definition) is 2. The van der Waals surface area contributed by atoms with Crippen LogP contribution in [0.15, 0.2) is 33.6 Å². The van der Waals surface area contributed by atoms with E-state index in [0.29, 0.717) is 37.3 Å². The zero-order chi connectivity index (χ0) is 19.5. The molecule has 0 bridgehead atoms. The van der Waals surface area contributed by atoms with Crippen LogP contribution in [0.1, 0.15) is 39.2 Å². The van der Waals surface area contributed by atoms with Crippen LogP contribution in [-0.4, -0.2) is 50.7 Å². The molecule has 1 aliphatic rings. The average Bonchev–Trinajstić information content (AvgIpc) is 2.86. The molecule has 1 atom stereocenters. The molecular weight excluding hydrogens is 388 g/mol. The van der Waals surface area contributed by atoms with Gasteiger partial charge >= 0.3 is 0 Å². The van der Waals surface area contributed by atoms with Crippen LogP contribution >= 0.6 is 12.4 Å². The highest BCUT2D eigenvalue weighted by atomic mass is 35.5. The Bertz CT molecular complexity index is 811. The topological polar surface area (TPSA) is 105 Å². The van der Waals surface area contributed by atoms with Gasteiger partial charge in [-0.05, 0) is 31.4 Å². The maximum Gasteiger partial charge on any atom is 0.285 e. The lowest BCUT2D eigenvalue weighted by Gasteiger charge is -2.33. The summed E-state index contributed by atoms with van der Waals surface area (Å²) in [5.74, 6) is 0.602. The summed E-state index contributed by atoms with van der Waals surface area (Å²) >= 11 is 0. The summed E-state index contributed by atoms with van der Waals surface area (Å²) in [7, 11) is -1.84. The number of benzene rings is 1. The monoisotopic (exact) mass is 416 g/mol. The lowest BCUT2D eigenvalue weighted by Crippen LogP contribution is -2.55. The van der Waals surface area contributed by atoms with Crippen molar-refractivity contribution < 1.29 is 13.2 Å². The lowest BCUT2D eigenvalue weighted by atomic mass is 9.88. The van der Waals surface area contributed by atoms with E-state index in [4.69, 9.17) is 5.73 Å². The number of halogens is 1. The number of nitrogens with one attached hydrogen (secondary N) is 1. The van der Waals surface area contributed by atoms with Gasteiger partial charge in [-0.3, -0.25) is 4.79 Å². The average molecular weight is 417 g/mol. The zero-order valence-electron chi connectivity index (χ0n) is 16.2. The van der Waals surface area contributed by atoms with Gasteiger partial charge in [0.25, 0.3) is 10.0 Å². The molecule has 1 aromatic rings. The largest absolute Gasteiger partial charge is 0.358 e. The molecule has 1 unspecified atom stereocenters. The maximum absolute atomic E-state index is 12.2. The van der Waals surface area contributed by atoms with Gasteiger partial charge in [-0.1, -0.05) is 26.0 Å². The van der Waals surface area contributed by atoms with Crippen LogP contribution in [0.4, 0.5) is 0 Å². The minimum atomic E-state index is -3.62. The molecule has 0 radical (unpaired) electrons. The van der Waals surface area contributed by atoms with Crippen molar-refractivity contribution in [3.8, 4) is 0 Å². The third-order valence-electron chi connectivity index (χ3n) is 4.99. The van der Waals surface area contributed by atoms with Gasteiger partial charge in [0.05, 0.1) is 5.54 Å². The quantitative estimate of drug-likeness (QED) is 0.704. The third-order valence-corrected chi connectivity index (χ3v) is 6.32. The summed E-state index contributed by atoms with van der Waals surface area (Å²) in [6.07, 6.45) is 0.927. The van der Waals surface area contributed by atoms with Crippen LogP contribution in [0.3, 0.4) is 0 Å². The van der Waals surface area contributed by atoms with E-state index >= 15 is 0 Å². The smallest absolute Gasteiger partial charge is 0.285 e. The van der Waals surface area contributed by atoms with Crippen molar-refractivity contribution in [1.29, 1.82) is 0 Å². The number of carbonyl (C=O) groups is 1. The fraction of sp³-hybridized carbons (Fsp3) is 0.556. The summed E-state index contributed by atoms with van der Waals surface area (Å²) in [4.78, 5) is 14.2. The fourth-order valence-electron chi connectivity index (χ4n) is 2.76. The van der Waals surface area contributed by atoms with Gasteiger partial charge in [0, 0.05) is 32.1 Å². The van der Waals surface area contributed by atoms with Gasteiger partial charge in [-0.15, -0.1) is 16.8 Å². The summed E-state index contributed by atoms with van der Waals surface area (Å²) in [5, 5.41) is 3.01. The van der Waals surface area contributed by atoms with Crippen molar-refractivity contribution in [3.63, 3.8) is 0 Å². The van der Waals surface area contributed by atoms with Crippen LogP contribution in [-0.2, 0) is 14.8 Å². The molecule has 0 aromatic heterocycles. The molecule has 1 aliphatic heterocycles. The van der Waals surface area contributed by atoms with E-state index in [2.05, 4.69) is 9.71 Å². The van der Waals surface area contributed by atoms with Gasteiger partial charge in [-0.25, -0.2) is 0 Å². The second-order valence-electron chi connectivity index (χ2n) is 7.24. The Kier molecular flexibility index (Phi) is 7.83. The first-order chi connectivity index (χ1) is 12.1. The molecule has 27 heavy (non-hydrogen) atoms. The van der Waals surface area contributed by atoms with Crippen LogP contribution in [0.2, 0.25) is 0 Å². The number of amides is 1. The predicted octanol–water partition coefficient (Wildman–Crippen LogP) is 1.76. The van der Waals surface area contributed by atoms with E-state index in [1.165, 1.54) is 0 Å². The molecule has 0 aliphatic carbocycles. The lowest BCUT2D eigenvalue weighted by molar-refractivity contribution is -0.123. The number of hydrogen-bond acceptors (Lipinski definition) is 5. The first-order valence-electron chi connectivity index (χ1n) is 8.77. The van der Waals surface area contributed by atoms with E-state index in [-0.39, 0.29) is 29.1 Å². The van der Waals surface area contributed by atoms with Gasteiger partial charge in [0.15, 0.2) is 0 Å². The molecule has 3 N–H and O–H groups in total. The van der Waals surface area contributed by atoms with Gasteiger partial charge in [0.1, 0.15) is 10.7 Å². The van der Waals surface area contributed by atoms with Crippen LogP contribution in [0, 0.1) is 5.92 Å². The molecule has 0 spiro atoms. The van der Waals surface area contributed by atoms with E-state index in [1.807, 2.05) is 20.8 Å². The van der Waals surface area contributed by atoms with Crippen LogP contribution in [0.5, 0.6) is 0 Å². The van der Waals surface area contributed by atoms with E-state index in [0.717, 1.165) is 0 Å². The minimum absolute atomic E-state index is 0. The zero-order valence-corrected chi connectivity index (χ0v) is 17.9. The number of amidine groups is 1. The summed E-state index contributed by atoms with van der Waals surface area (Å²) in [5.41, 5.74) is 5.97. The van der Waals surface area contributed by atoms with E-state index in [1.54, 1.807) is 36.2 Å². The van der Waals surface area contributed by atoms with Crippen molar-refractivity contribution in [1.82, 2.24) is 10.2 Å². The minimum Gasteiger partial charge on any atom is -0.358 e. The summed E-state index contributed by atoms with van der Waals surface area (Å²) in [6.45, 7) is 6.89. The molecule has 1 aromatic carbocycles. The summed E-state index contributed by atoms with van der Waals surface area (Å²) in [6, 6.07) is 6.78. The van der Waals surface area contributed by atoms with E-state index in [9.17, 15) is 13.2 Å². The van der Waals surface area contributed by atoms with Crippen molar-refractivity contribution >= 4 is 34.2 Å². The van der Waals surface area contributed by atoms with Gasteiger partial charge in [-0.2, -0.15) is 8.42 Å². The van der Waals surface area contributed by atoms with E-state index < -0.39 is 15.6 Å². The fourth-order valence-corrected chi connectivity index (χ4v) is 4.01. The number of sulfonamides is 1. The van der Waals surface area contributed by atoms with Crippen molar-refractivity contribution in [2.45, 2.75) is 44.0 Å². The Hall–Kier alpha value is -1.64. The molecule has 7 nitrogen and oxygen atoms in total. The second kappa shape index (κ2) is 9.03. The first-order valence-corrected chi connectivity index (χ1v) is 10.2. The number of nitrogens with two attached hydrogens (primary N) is 1. The molecular formula is C18H29ClN4O3S. The third kappa shape index (κ3) is 5.21. The highest BCUT2D eigenvalue weighted by Gasteiger charge is 2.31. The predicted molar refractivity (Wildman–Crippen MR) is 110 cm³/mol. The van der Waals surface area contributed by atoms with Crippen molar-refractivity contribution in [2.24, 2.45) is 16.0 Å². The molecule has 2 rings (SSSR count). The van der Waals surface area contributed by atoms with Crippen molar-refractivity contribution in [2.75, 3.05) is 20.1 Å². The Morgan fingerprint density at radius 1 is 1.33 bits per heavy atom. The SMILES string of the molecule is CC(C)C(C)(CN)NC(=O)CCCN(C)C1=NS(=O)(=O)c2ccccc21.Cl. The molecule has 9 heteroatoms. The normalized spacial score (nSPS) is 16.7. The number of fused-ring (bicyclic) bond motifs is 1. The van der Waals surface area contributed by atoms with Crippen molar-refractivity contribution in [3.05, 3.63) is 29.8 Å². The Balaban J connectivity index is 0.00000364. The number of nitrogens with zero attached hydrogens (tertiary/aromatic N) is 2. The standard InChI is InChI=1S/C18H28N4O3S.ClH/c1-13(2)18(3,12-19)20-16(23)10-7-11-22(4)17-14-8-5-6-9-15(14)26(24,25)21-17;/h5-6,8-9,13H,7,10-12,19H2,1-4H3,(H,20,23);1H. The molecule has 152 valence electrons. The number of rotatable bonds is 7.